The van der Waals surface area contributed by atoms with Crippen molar-refractivity contribution in [3.8, 4) is 0 Å². The van der Waals surface area contributed by atoms with Crippen LogP contribution >= 0.6 is 0 Å². The Bertz CT molecular complexity index is 804. The molecule has 2 aromatic carbocycles. The highest BCUT2D eigenvalue weighted by Crippen LogP contribution is 2.25. The van der Waals surface area contributed by atoms with Crippen LogP contribution in [0.2, 0.25) is 0 Å². The van der Waals surface area contributed by atoms with Crippen molar-refractivity contribution in [2.45, 2.75) is 39.7 Å². The van der Waals surface area contributed by atoms with Gasteiger partial charge in [-0.1, -0.05) is 30.3 Å². The number of anilines is 1. The molecule has 0 radical (unpaired) electrons. The predicted octanol–water partition coefficient (Wildman–Crippen LogP) is 4.25. The number of carbonyl (C=O) groups excluding carboxylic acids is 1. The van der Waals surface area contributed by atoms with Crippen LogP contribution in [-0.2, 0) is 11.2 Å². The molecule has 0 aliphatic carbocycles. The summed E-state index contributed by atoms with van der Waals surface area (Å²) in [6.07, 6.45) is 1.06. The lowest BCUT2D eigenvalue weighted by atomic mass is 10.0. The van der Waals surface area contributed by atoms with E-state index < -0.39 is 5.97 Å². The van der Waals surface area contributed by atoms with Gasteiger partial charge in [0, 0.05) is 17.3 Å². The van der Waals surface area contributed by atoms with Crippen LogP contribution in [0.4, 0.5) is 10.1 Å². The largest absolute Gasteiger partial charge is 0.480 e. The molecule has 0 spiro atoms. The number of carbonyl (C=O) groups is 2. The number of halogens is 1. The van der Waals surface area contributed by atoms with Gasteiger partial charge in [-0.15, -0.1) is 0 Å². The molecule has 0 saturated carbocycles. The number of ketones is 1. The van der Waals surface area contributed by atoms with Gasteiger partial charge in [0.2, 0.25) is 0 Å². The molecule has 0 aromatic heterocycles. The van der Waals surface area contributed by atoms with E-state index in [2.05, 4.69) is 0 Å². The molecule has 0 amide bonds. The molecule has 0 fully saturated rings. The molecule has 0 saturated heterocycles. The normalized spacial score (nSPS) is 11.8. The Hall–Kier alpha value is -2.69. The Kier molecular flexibility index (Phi) is 6.50. The van der Waals surface area contributed by atoms with Crippen LogP contribution in [0.15, 0.2) is 42.5 Å². The topological polar surface area (TPSA) is 57.6 Å². The van der Waals surface area contributed by atoms with Gasteiger partial charge < -0.3 is 10.0 Å². The predicted molar refractivity (Wildman–Crippen MR) is 100 cm³/mol. The minimum Gasteiger partial charge on any atom is -0.480 e. The van der Waals surface area contributed by atoms with Crippen molar-refractivity contribution in [2.24, 2.45) is 0 Å². The highest BCUT2D eigenvalue weighted by molar-refractivity contribution is 6.00. The minimum absolute atomic E-state index is 0.118. The second-order valence-electron chi connectivity index (χ2n) is 6.53. The molecule has 1 unspecified atom stereocenters. The first-order valence-electron chi connectivity index (χ1n) is 8.63. The van der Waals surface area contributed by atoms with Gasteiger partial charge in [0.25, 0.3) is 0 Å². The quantitative estimate of drug-likeness (QED) is 0.718. The Morgan fingerprint density at radius 1 is 1.15 bits per heavy atom. The summed E-state index contributed by atoms with van der Waals surface area (Å²) in [4.78, 5) is 25.0. The fourth-order valence-electron chi connectivity index (χ4n) is 3.07. The summed E-state index contributed by atoms with van der Waals surface area (Å²) < 4.78 is 14.2. The first-order chi connectivity index (χ1) is 12.3. The van der Waals surface area contributed by atoms with E-state index >= 15 is 0 Å². The van der Waals surface area contributed by atoms with Gasteiger partial charge in [-0.25, -0.2) is 4.39 Å². The van der Waals surface area contributed by atoms with Crippen LogP contribution < -0.4 is 4.90 Å². The maximum absolute atomic E-state index is 14.2. The average molecular weight is 357 g/mol. The summed E-state index contributed by atoms with van der Waals surface area (Å²) in [5.74, 6) is -1.31. The summed E-state index contributed by atoms with van der Waals surface area (Å²) in [5, 5.41) is 9.30. The molecule has 5 heteroatoms. The Labute approximate surface area is 153 Å². The summed E-state index contributed by atoms with van der Waals surface area (Å²) >= 11 is 0. The number of hydrogen-bond donors (Lipinski definition) is 1. The number of aryl methyl sites for hydroxylation is 2. The van der Waals surface area contributed by atoms with Gasteiger partial charge >= 0.3 is 5.97 Å². The van der Waals surface area contributed by atoms with Crippen LogP contribution in [0.25, 0.3) is 0 Å². The second kappa shape index (κ2) is 8.61. The van der Waals surface area contributed by atoms with Crippen molar-refractivity contribution in [2.75, 3.05) is 11.4 Å². The number of aliphatic carboxylic acids is 1. The zero-order valence-corrected chi connectivity index (χ0v) is 15.3. The maximum Gasteiger partial charge on any atom is 0.323 e. The molecule has 1 atom stereocenters. The van der Waals surface area contributed by atoms with Crippen molar-refractivity contribution in [1.82, 2.24) is 0 Å². The lowest BCUT2D eigenvalue weighted by molar-refractivity contribution is -0.135. The fraction of sp³-hybridized carbons (Fsp3) is 0.333. The maximum atomic E-state index is 14.2. The minimum atomic E-state index is -0.975. The molecule has 2 aromatic rings. The number of Topliss-reactive ketones (excluding diaryl/α,β-unsaturated/α-hetero) is 1. The second-order valence-corrected chi connectivity index (χ2v) is 6.53. The average Bonchev–Trinajstić information content (AvgIpc) is 2.60. The molecule has 0 aliphatic heterocycles. The van der Waals surface area contributed by atoms with Crippen LogP contribution in [-0.4, -0.2) is 29.4 Å². The molecule has 4 nitrogen and oxygen atoms in total. The summed E-state index contributed by atoms with van der Waals surface area (Å²) in [6.45, 7) is 4.86. The standard InChI is InChI=1S/C21H24FNO3/c1-14-7-6-8-17(21(14)22)12-11-15(2)23(13-20(25)26)19-10-5-4-9-18(19)16(3)24/h4-10,15H,11-13H2,1-3H3,(H,25,26). The zero-order chi connectivity index (χ0) is 19.3. The number of para-hydroxylation sites is 1. The molecule has 1 N–H and O–H groups in total. The Morgan fingerprint density at radius 3 is 2.50 bits per heavy atom. The summed E-state index contributed by atoms with van der Waals surface area (Å²) in [7, 11) is 0. The van der Waals surface area contributed by atoms with Gasteiger partial charge in [0.1, 0.15) is 12.4 Å². The van der Waals surface area contributed by atoms with Crippen molar-refractivity contribution in [1.29, 1.82) is 0 Å². The van der Waals surface area contributed by atoms with Gasteiger partial charge in [0.15, 0.2) is 5.78 Å². The molecule has 138 valence electrons. The molecule has 0 aliphatic rings. The molecular weight excluding hydrogens is 333 g/mol. The Morgan fingerprint density at radius 2 is 1.85 bits per heavy atom. The van der Waals surface area contributed by atoms with E-state index in [1.54, 1.807) is 48.2 Å². The summed E-state index contributed by atoms with van der Waals surface area (Å²) in [5.41, 5.74) is 2.30. The van der Waals surface area contributed by atoms with E-state index in [4.69, 9.17) is 0 Å². The van der Waals surface area contributed by atoms with Crippen molar-refractivity contribution < 1.29 is 19.1 Å². The number of nitrogens with zero attached hydrogens (tertiary/aromatic N) is 1. The van der Waals surface area contributed by atoms with E-state index in [0.717, 1.165) is 0 Å². The molecule has 26 heavy (non-hydrogen) atoms. The smallest absolute Gasteiger partial charge is 0.323 e. The van der Waals surface area contributed by atoms with Crippen LogP contribution in [0.3, 0.4) is 0 Å². The third kappa shape index (κ3) is 4.69. The Balaban J connectivity index is 2.25. The molecule has 0 bridgehead atoms. The van der Waals surface area contributed by atoms with E-state index in [1.807, 2.05) is 13.0 Å². The molecule has 0 heterocycles. The third-order valence-electron chi connectivity index (χ3n) is 4.53. The fourth-order valence-corrected chi connectivity index (χ4v) is 3.07. The lowest BCUT2D eigenvalue weighted by Gasteiger charge is -2.31. The van der Waals surface area contributed by atoms with Crippen LogP contribution in [0.1, 0.15) is 41.8 Å². The van der Waals surface area contributed by atoms with Gasteiger partial charge in [-0.3, -0.25) is 9.59 Å². The first-order valence-corrected chi connectivity index (χ1v) is 8.63. The van der Waals surface area contributed by atoms with Crippen LogP contribution in [0, 0.1) is 12.7 Å². The van der Waals surface area contributed by atoms with Crippen molar-refractivity contribution >= 4 is 17.4 Å². The van der Waals surface area contributed by atoms with E-state index in [9.17, 15) is 19.1 Å². The van der Waals surface area contributed by atoms with Crippen LogP contribution in [0.5, 0.6) is 0 Å². The van der Waals surface area contributed by atoms with Crippen molar-refractivity contribution in [3.05, 3.63) is 65.0 Å². The highest BCUT2D eigenvalue weighted by atomic mass is 19.1. The lowest BCUT2D eigenvalue weighted by Crippen LogP contribution is -2.38. The SMILES string of the molecule is CC(=O)c1ccccc1N(CC(=O)O)C(C)CCc1cccc(C)c1F. The molecule has 2 rings (SSSR count). The van der Waals surface area contributed by atoms with Gasteiger partial charge in [0.05, 0.1) is 0 Å². The number of carboxylic acids is 1. The zero-order valence-electron chi connectivity index (χ0n) is 15.3. The molecular formula is C21H24FNO3. The van der Waals surface area contributed by atoms with Gasteiger partial charge in [-0.2, -0.15) is 0 Å². The summed E-state index contributed by atoms with van der Waals surface area (Å²) in [6, 6.07) is 12.1. The number of hydrogen-bond acceptors (Lipinski definition) is 3. The number of rotatable bonds is 8. The van der Waals surface area contributed by atoms with E-state index in [1.165, 1.54) is 6.92 Å². The number of benzene rings is 2. The monoisotopic (exact) mass is 357 g/mol. The van der Waals surface area contributed by atoms with E-state index in [-0.39, 0.29) is 24.2 Å². The first kappa shape index (κ1) is 19.6. The highest BCUT2D eigenvalue weighted by Gasteiger charge is 2.21. The van der Waals surface area contributed by atoms with Crippen molar-refractivity contribution in [3.63, 3.8) is 0 Å². The van der Waals surface area contributed by atoms with Gasteiger partial charge in [-0.05, 0) is 56.9 Å². The number of carboxylic acid groups (broad SMARTS) is 1. The third-order valence-corrected chi connectivity index (χ3v) is 4.53. The van der Waals surface area contributed by atoms with E-state index in [0.29, 0.717) is 35.2 Å².